The van der Waals surface area contributed by atoms with Crippen molar-refractivity contribution in [2.24, 2.45) is 0 Å². The minimum atomic E-state index is -0.325. The van der Waals surface area contributed by atoms with Crippen LogP contribution in [0.5, 0.6) is 0 Å². The topological polar surface area (TPSA) is 50.4 Å². The molecule has 0 radical (unpaired) electrons. The molecule has 1 amide bonds. The summed E-state index contributed by atoms with van der Waals surface area (Å²) < 4.78 is 4.52. The number of rotatable bonds is 1. The highest BCUT2D eigenvalue weighted by Gasteiger charge is 2.19. The highest BCUT2D eigenvalue weighted by atomic mass is 16.5. The van der Waals surface area contributed by atoms with Crippen LogP contribution in [0.1, 0.15) is 19.8 Å². The van der Waals surface area contributed by atoms with Gasteiger partial charge in [-0.25, -0.2) is 4.79 Å². The number of carbonyl (C=O) groups is 1. The van der Waals surface area contributed by atoms with E-state index in [-0.39, 0.29) is 12.1 Å². The zero-order valence-electron chi connectivity index (χ0n) is 7.59. The molecule has 2 atom stereocenters. The molecule has 2 N–H and O–H groups in total. The van der Waals surface area contributed by atoms with Gasteiger partial charge in [-0.1, -0.05) is 0 Å². The molecule has 0 spiro atoms. The van der Waals surface area contributed by atoms with Gasteiger partial charge in [0.1, 0.15) is 0 Å². The SMILES string of the molecule is COC(=O)NC1CCNC(C)C1. The van der Waals surface area contributed by atoms with E-state index < -0.39 is 0 Å². The first kappa shape index (κ1) is 9.32. The average molecular weight is 172 g/mol. The summed E-state index contributed by atoms with van der Waals surface area (Å²) >= 11 is 0. The van der Waals surface area contributed by atoms with Crippen LogP contribution in [0.15, 0.2) is 0 Å². The van der Waals surface area contributed by atoms with Gasteiger partial charge in [-0.3, -0.25) is 0 Å². The summed E-state index contributed by atoms with van der Waals surface area (Å²) in [4.78, 5) is 10.8. The zero-order chi connectivity index (χ0) is 8.97. The molecule has 1 aliphatic heterocycles. The van der Waals surface area contributed by atoms with Crippen molar-refractivity contribution in [2.75, 3.05) is 13.7 Å². The van der Waals surface area contributed by atoms with Gasteiger partial charge in [-0.2, -0.15) is 0 Å². The van der Waals surface area contributed by atoms with Gasteiger partial charge in [0.15, 0.2) is 0 Å². The summed E-state index contributed by atoms with van der Waals surface area (Å²) in [5, 5.41) is 6.11. The molecular formula is C8H16N2O2. The van der Waals surface area contributed by atoms with E-state index in [1.807, 2.05) is 0 Å². The second-order valence-electron chi connectivity index (χ2n) is 3.21. The quantitative estimate of drug-likeness (QED) is 0.605. The fourth-order valence-electron chi connectivity index (χ4n) is 1.49. The molecule has 0 aromatic heterocycles. The molecule has 1 rings (SSSR count). The lowest BCUT2D eigenvalue weighted by Gasteiger charge is -2.27. The number of piperidine rings is 1. The van der Waals surface area contributed by atoms with E-state index in [9.17, 15) is 4.79 Å². The van der Waals surface area contributed by atoms with E-state index in [1.165, 1.54) is 7.11 Å². The number of methoxy groups -OCH3 is 1. The van der Waals surface area contributed by atoms with Crippen LogP contribution in [0.4, 0.5) is 4.79 Å². The number of hydrogen-bond donors (Lipinski definition) is 2. The molecule has 1 aliphatic rings. The predicted molar refractivity (Wildman–Crippen MR) is 46.0 cm³/mol. The van der Waals surface area contributed by atoms with Crippen LogP contribution in [0, 0.1) is 0 Å². The van der Waals surface area contributed by atoms with Crippen molar-refractivity contribution in [2.45, 2.75) is 31.8 Å². The van der Waals surface area contributed by atoms with Gasteiger partial charge < -0.3 is 15.4 Å². The van der Waals surface area contributed by atoms with Crippen LogP contribution < -0.4 is 10.6 Å². The van der Waals surface area contributed by atoms with Crippen molar-refractivity contribution >= 4 is 6.09 Å². The zero-order valence-corrected chi connectivity index (χ0v) is 7.59. The summed E-state index contributed by atoms with van der Waals surface area (Å²) in [7, 11) is 1.39. The molecule has 4 nitrogen and oxygen atoms in total. The van der Waals surface area contributed by atoms with Crippen molar-refractivity contribution in [3.63, 3.8) is 0 Å². The molecule has 0 aromatic rings. The smallest absolute Gasteiger partial charge is 0.407 e. The number of amides is 1. The average Bonchev–Trinajstić information content (AvgIpc) is 2.04. The number of ether oxygens (including phenoxy) is 1. The van der Waals surface area contributed by atoms with Crippen LogP contribution in [0.25, 0.3) is 0 Å². The Balaban J connectivity index is 2.27. The summed E-state index contributed by atoms with van der Waals surface area (Å²) in [5.74, 6) is 0. The van der Waals surface area contributed by atoms with Gasteiger partial charge in [0.25, 0.3) is 0 Å². The first-order valence-electron chi connectivity index (χ1n) is 4.30. The number of hydrogen-bond acceptors (Lipinski definition) is 3. The summed E-state index contributed by atoms with van der Waals surface area (Å²) in [6, 6.07) is 0.759. The van der Waals surface area contributed by atoms with E-state index in [2.05, 4.69) is 22.3 Å². The Morgan fingerprint density at radius 3 is 3.00 bits per heavy atom. The fraction of sp³-hybridized carbons (Fsp3) is 0.875. The standard InChI is InChI=1S/C8H16N2O2/c1-6-5-7(3-4-9-6)10-8(11)12-2/h6-7,9H,3-5H2,1-2H3,(H,10,11). The largest absolute Gasteiger partial charge is 0.453 e. The molecule has 1 heterocycles. The lowest BCUT2D eigenvalue weighted by molar-refractivity contribution is 0.162. The minimum Gasteiger partial charge on any atom is -0.453 e. The van der Waals surface area contributed by atoms with Gasteiger partial charge in [-0.05, 0) is 26.3 Å². The molecule has 4 heteroatoms. The Kier molecular flexibility index (Phi) is 3.34. The molecule has 1 fully saturated rings. The van der Waals surface area contributed by atoms with Crippen molar-refractivity contribution < 1.29 is 9.53 Å². The van der Waals surface area contributed by atoms with Crippen LogP contribution in [-0.4, -0.2) is 31.8 Å². The molecular weight excluding hydrogens is 156 g/mol. The van der Waals surface area contributed by atoms with E-state index in [0.29, 0.717) is 6.04 Å². The second-order valence-corrected chi connectivity index (χ2v) is 3.21. The van der Waals surface area contributed by atoms with Gasteiger partial charge in [-0.15, -0.1) is 0 Å². The van der Waals surface area contributed by atoms with E-state index in [4.69, 9.17) is 0 Å². The Hall–Kier alpha value is -0.770. The first-order valence-corrected chi connectivity index (χ1v) is 4.30. The molecule has 70 valence electrons. The monoisotopic (exact) mass is 172 g/mol. The maximum absolute atomic E-state index is 10.8. The van der Waals surface area contributed by atoms with Crippen molar-refractivity contribution in [1.82, 2.24) is 10.6 Å². The summed E-state index contributed by atoms with van der Waals surface area (Å²) in [6.45, 7) is 3.08. The van der Waals surface area contributed by atoms with Crippen LogP contribution in [0.2, 0.25) is 0 Å². The minimum absolute atomic E-state index is 0.272. The molecule has 1 saturated heterocycles. The third-order valence-electron chi connectivity index (χ3n) is 2.13. The lowest BCUT2D eigenvalue weighted by Crippen LogP contribution is -2.46. The molecule has 0 aromatic carbocycles. The number of carbonyl (C=O) groups excluding carboxylic acids is 1. The normalized spacial score (nSPS) is 29.5. The van der Waals surface area contributed by atoms with E-state index in [0.717, 1.165) is 19.4 Å². The van der Waals surface area contributed by atoms with Gasteiger partial charge in [0.05, 0.1) is 7.11 Å². The van der Waals surface area contributed by atoms with Gasteiger partial charge in [0, 0.05) is 12.1 Å². The van der Waals surface area contributed by atoms with Crippen LogP contribution in [0.3, 0.4) is 0 Å². The highest BCUT2D eigenvalue weighted by Crippen LogP contribution is 2.07. The predicted octanol–water partition coefficient (Wildman–Crippen LogP) is 0.483. The molecule has 12 heavy (non-hydrogen) atoms. The molecule has 2 unspecified atom stereocenters. The molecule has 0 bridgehead atoms. The lowest BCUT2D eigenvalue weighted by atomic mass is 10.0. The van der Waals surface area contributed by atoms with Crippen LogP contribution >= 0.6 is 0 Å². The highest BCUT2D eigenvalue weighted by molar-refractivity contribution is 5.67. The Labute approximate surface area is 72.7 Å². The first-order chi connectivity index (χ1) is 5.72. The van der Waals surface area contributed by atoms with Crippen LogP contribution in [-0.2, 0) is 4.74 Å². The molecule has 0 aliphatic carbocycles. The Morgan fingerprint density at radius 1 is 1.67 bits per heavy atom. The maximum Gasteiger partial charge on any atom is 0.407 e. The van der Waals surface area contributed by atoms with Crippen molar-refractivity contribution in [1.29, 1.82) is 0 Å². The Morgan fingerprint density at radius 2 is 2.42 bits per heavy atom. The second kappa shape index (κ2) is 4.30. The number of nitrogens with one attached hydrogen (secondary N) is 2. The Bertz CT molecular complexity index is 161. The third-order valence-corrected chi connectivity index (χ3v) is 2.13. The third kappa shape index (κ3) is 2.70. The summed E-state index contributed by atoms with van der Waals surface area (Å²) in [6.07, 6.45) is 1.64. The van der Waals surface area contributed by atoms with Crippen molar-refractivity contribution in [3.05, 3.63) is 0 Å². The number of alkyl carbamates (subject to hydrolysis) is 1. The van der Waals surface area contributed by atoms with E-state index >= 15 is 0 Å². The van der Waals surface area contributed by atoms with Gasteiger partial charge in [0.2, 0.25) is 0 Å². The fourth-order valence-corrected chi connectivity index (χ4v) is 1.49. The van der Waals surface area contributed by atoms with Gasteiger partial charge >= 0.3 is 6.09 Å². The van der Waals surface area contributed by atoms with Crippen molar-refractivity contribution in [3.8, 4) is 0 Å². The maximum atomic E-state index is 10.8. The summed E-state index contributed by atoms with van der Waals surface area (Å²) in [5.41, 5.74) is 0. The molecule has 0 saturated carbocycles. The van der Waals surface area contributed by atoms with E-state index in [1.54, 1.807) is 0 Å².